The van der Waals surface area contributed by atoms with Gasteiger partial charge in [-0.25, -0.2) is 0 Å². The molecule has 0 bridgehead atoms. The summed E-state index contributed by atoms with van der Waals surface area (Å²) < 4.78 is 5.99. The Bertz CT molecular complexity index is 620. The SMILES string of the molecule is O=C([C@H]1C[C@H](Oc2ccc(Cl)cc2)CN1)N1CCCN(C2CCC2)CC1. The van der Waals surface area contributed by atoms with Gasteiger partial charge in [0.05, 0.1) is 6.04 Å². The zero-order valence-corrected chi connectivity index (χ0v) is 16.0. The lowest BCUT2D eigenvalue weighted by Gasteiger charge is -2.36. The second-order valence-electron chi connectivity index (χ2n) is 7.69. The molecule has 142 valence electrons. The molecule has 2 saturated heterocycles. The van der Waals surface area contributed by atoms with E-state index in [0.717, 1.165) is 50.8 Å². The monoisotopic (exact) mass is 377 g/mol. The van der Waals surface area contributed by atoms with E-state index in [1.807, 2.05) is 24.3 Å². The molecular weight excluding hydrogens is 350 g/mol. The Balaban J connectivity index is 1.27. The largest absolute Gasteiger partial charge is 0.489 e. The first-order valence-electron chi connectivity index (χ1n) is 9.87. The average molecular weight is 378 g/mol. The van der Waals surface area contributed by atoms with Gasteiger partial charge in [-0.3, -0.25) is 9.69 Å². The third-order valence-electron chi connectivity index (χ3n) is 5.94. The predicted octanol–water partition coefficient (Wildman–Crippen LogP) is 2.54. The number of halogens is 1. The number of rotatable bonds is 4. The second-order valence-corrected chi connectivity index (χ2v) is 8.13. The average Bonchev–Trinajstić information content (AvgIpc) is 2.93. The van der Waals surface area contributed by atoms with Gasteiger partial charge in [-0.1, -0.05) is 18.0 Å². The van der Waals surface area contributed by atoms with E-state index in [-0.39, 0.29) is 18.1 Å². The third kappa shape index (κ3) is 4.16. The number of carbonyl (C=O) groups is 1. The van der Waals surface area contributed by atoms with Gasteiger partial charge in [0.25, 0.3) is 0 Å². The molecule has 0 spiro atoms. The van der Waals surface area contributed by atoms with Crippen molar-refractivity contribution in [2.75, 3.05) is 32.7 Å². The van der Waals surface area contributed by atoms with Gasteiger partial charge < -0.3 is 15.0 Å². The van der Waals surface area contributed by atoms with Crippen molar-refractivity contribution in [2.24, 2.45) is 0 Å². The van der Waals surface area contributed by atoms with Gasteiger partial charge in [-0.05, 0) is 43.5 Å². The summed E-state index contributed by atoms with van der Waals surface area (Å²) in [5.74, 6) is 1.04. The van der Waals surface area contributed by atoms with Crippen LogP contribution >= 0.6 is 11.6 Å². The smallest absolute Gasteiger partial charge is 0.239 e. The Labute approximate surface area is 160 Å². The number of nitrogens with zero attached hydrogens (tertiary/aromatic N) is 2. The molecule has 2 atom stereocenters. The van der Waals surface area contributed by atoms with Crippen LogP contribution in [-0.4, -0.2) is 66.6 Å². The Kier molecular flexibility index (Phi) is 5.67. The molecule has 0 radical (unpaired) electrons. The molecule has 0 aromatic heterocycles. The maximum absolute atomic E-state index is 12.9. The summed E-state index contributed by atoms with van der Waals surface area (Å²) in [6.45, 7) is 4.60. The molecule has 1 saturated carbocycles. The second kappa shape index (κ2) is 8.15. The van der Waals surface area contributed by atoms with Gasteiger partial charge >= 0.3 is 0 Å². The third-order valence-corrected chi connectivity index (χ3v) is 6.19. The predicted molar refractivity (Wildman–Crippen MR) is 103 cm³/mol. The molecular formula is C20H28ClN3O2. The summed E-state index contributed by atoms with van der Waals surface area (Å²) in [6.07, 6.45) is 5.88. The summed E-state index contributed by atoms with van der Waals surface area (Å²) in [5.41, 5.74) is 0. The Morgan fingerprint density at radius 2 is 1.88 bits per heavy atom. The number of amides is 1. The summed E-state index contributed by atoms with van der Waals surface area (Å²) in [5, 5.41) is 4.06. The van der Waals surface area contributed by atoms with E-state index in [1.165, 1.54) is 19.3 Å². The van der Waals surface area contributed by atoms with Crippen molar-refractivity contribution >= 4 is 17.5 Å². The number of carbonyl (C=O) groups excluding carboxylic acids is 1. The lowest BCUT2D eigenvalue weighted by atomic mass is 9.91. The van der Waals surface area contributed by atoms with E-state index in [9.17, 15) is 4.79 Å². The van der Waals surface area contributed by atoms with Gasteiger partial charge in [0.15, 0.2) is 0 Å². The fourth-order valence-corrected chi connectivity index (χ4v) is 4.31. The van der Waals surface area contributed by atoms with Crippen molar-refractivity contribution in [1.29, 1.82) is 0 Å². The minimum absolute atomic E-state index is 0.0311. The number of ether oxygens (including phenoxy) is 1. The Morgan fingerprint density at radius 3 is 2.62 bits per heavy atom. The fraction of sp³-hybridized carbons (Fsp3) is 0.650. The van der Waals surface area contributed by atoms with E-state index < -0.39 is 0 Å². The highest BCUT2D eigenvalue weighted by Crippen LogP contribution is 2.26. The van der Waals surface area contributed by atoms with Crippen molar-refractivity contribution < 1.29 is 9.53 Å². The molecule has 3 aliphatic rings. The molecule has 1 aromatic carbocycles. The van der Waals surface area contributed by atoms with Gasteiger partial charge in [0.2, 0.25) is 5.91 Å². The van der Waals surface area contributed by atoms with Crippen LogP contribution in [0.15, 0.2) is 24.3 Å². The van der Waals surface area contributed by atoms with E-state index in [1.54, 1.807) is 0 Å². The highest BCUT2D eigenvalue weighted by molar-refractivity contribution is 6.30. The maximum atomic E-state index is 12.9. The number of hydrogen-bond acceptors (Lipinski definition) is 4. The van der Waals surface area contributed by atoms with Crippen molar-refractivity contribution in [3.05, 3.63) is 29.3 Å². The summed E-state index contributed by atoms with van der Waals surface area (Å²) in [7, 11) is 0. The first-order valence-corrected chi connectivity index (χ1v) is 10.3. The van der Waals surface area contributed by atoms with E-state index in [2.05, 4.69) is 15.1 Å². The van der Waals surface area contributed by atoms with Gasteiger partial charge in [0, 0.05) is 50.2 Å². The highest BCUT2D eigenvalue weighted by atomic mass is 35.5. The molecule has 3 fully saturated rings. The first-order chi connectivity index (χ1) is 12.7. The van der Waals surface area contributed by atoms with Crippen LogP contribution in [0.1, 0.15) is 32.1 Å². The molecule has 1 N–H and O–H groups in total. The van der Waals surface area contributed by atoms with Crippen LogP contribution in [0.3, 0.4) is 0 Å². The molecule has 1 aliphatic carbocycles. The van der Waals surface area contributed by atoms with E-state index in [0.29, 0.717) is 11.6 Å². The van der Waals surface area contributed by atoms with Crippen molar-refractivity contribution in [2.45, 2.75) is 50.3 Å². The number of benzene rings is 1. The number of hydrogen-bond donors (Lipinski definition) is 1. The molecule has 2 heterocycles. The molecule has 2 aliphatic heterocycles. The van der Waals surface area contributed by atoms with Crippen molar-refractivity contribution in [3.8, 4) is 5.75 Å². The van der Waals surface area contributed by atoms with Crippen LogP contribution < -0.4 is 10.1 Å². The zero-order chi connectivity index (χ0) is 17.9. The maximum Gasteiger partial charge on any atom is 0.239 e. The molecule has 26 heavy (non-hydrogen) atoms. The van der Waals surface area contributed by atoms with Crippen LogP contribution in [0.2, 0.25) is 5.02 Å². The Morgan fingerprint density at radius 1 is 1.08 bits per heavy atom. The van der Waals surface area contributed by atoms with Crippen molar-refractivity contribution in [1.82, 2.24) is 15.1 Å². The van der Waals surface area contributed by atoms with Crippen LogP contribution in [0, 0.1) is 0 Å². The van der Waals surface area contributed by atoms with Crippen LogP contribution in [0.25, 0.3) is 0 Å². The standard InChI is InChI=1S/C20H28ClN3O2/c21-15-5-7-17(8-6-15)26-18-13-19(22-14-18)20(25)24-10-2-9-23(11-12-24)16-3-1-4-16/h5-8,16,18-19,22H,1-4,9-14H2/t18-,19+/m0/s1. The molecule has 6 heteroatoms. The van der Waals surface area contributed by atoms with Crippen LogP contribution in [0.5, 0.6) is 5.75 Å². The zero-order valence-electron chi connectivity index (χ0n) is 15.2. The first kappa shape index (κ1) is 18.1. The van der Waals surface area contributed by atoms with Crippen molar-refractivity contribution in [3.63, 3.8) is 0 Å². The summed E-state index contributed by atoms with van der Waals surface area (Å²) in [6, 6.07) is 8.05. The fourth-order valence-electron chi connectivity index (χ4n) is 4.18. The van der Waals surface area contributed by atoms with Crippen LogP contribution in [-0.2, 0) is 4.79 Å². The summed E-state index contributed by atoms with van der Waals surface area (Å²) in [4.78, 5) is 17.6. The quantitative estimate of drug-likeness (QED) is 0.875. The molecule has 1 amide bonds. The Hall–Kier alpha value is -1.30. The lowest BCUT2D eigenvalue weighted by Crippen LogP contribution is -2.46. The normalized spacial score (nSPS) is 27.8. The molecule has 0 unspecified atom stereocenters. The van der Waals surface area contributed by atoms with Gasteiger partial charge in [0.1, 0.15) is 11.9 Å². The molecule has 1 aromatic rings. The minimum atomic E-state index is -0.123. The van der Waals surface area contributed by atoms with Gasteiger partial charge in [-0.2, -0.15) is 0 Å². The molecule has 5 nitrogen and oxygen atoms in total. The molecule has 4 rings (SSSR count). The minimum Gasteiger partial charge on any atom is -0.489 e. The van der Waals surface area contributed by atoms with E-state index >= 15 is 0 Å². The number of nitrogens with one attached hydrogen (secondary N) is 1. The topological polar surface area (TPSA) is 44.8 Å². The van der Waals surface area contributed by atoms with Crippen LogP contribution in [0.4, 0.5) is 0 Å². The van der Waals surface area contributed by atoms with Gasteiger partial charge in [-0.15, -0.1) is 0 Å². The van der Waals surface area contributed by atoms with E-state index in [4.69, 9.17) is 16.3 Å². The lowest BCUT2D eigenvalue weighted by molar-refractivity contribution is -0.133. The summed E-state index contributed by atoms with van der Waals surface area (Å²) >= 11 is 5.91. The highest BCUT2D eigenvalue weighted by Gasteiger charge is 2.35.